The Kier molecular flexibility index (Phi) is 11.7. The van der Waals surface area contributed by atoms with Crippen LogP contribution in [0.25, 0.3) is 0 Å². The van der Waals surface area contributed by atoms with Crippen LogP contribution in [0.2, 0.25) is 0 Å². The number of nitrogens with one attached hydrogen (secondary N) is 2. The van der Waals surface area contributed by atoms with Gasteiger partial charge in [0.25, 0.3) is 0 Å². The first-order valence-electron chi connectivity index (χ1n) is 11.1. The second kappa shape index (κ2) is 14.2. The van der Waals surface area contributed by atoms with Crippen molar-refractivity contribution in [2.45, 2.75) is 32.5 Å². The Morgan fingerprint density at radius 2 is 1.85 bits per heavy atom. The fourth-order valence-corrected chi connectivity index (χ4v) is 3.60. The third kappa shape index (κ3) is 8.63. The van der Waals surface area contributed by atoms with Gasteiger partial charge in [-0.05, 0) is 37.1 Å². The molecule has 2 heterocycles. The molecule has 0 saturated carbocycles. The minimum Gasteiger partial charge on any atom is -0.497 e. The number of methoxy groups -OCH3 is 1. The van der Waals surface area contributed by atoms with Crippen molar-refractivity contribution in [3.63, 3.8) is 0 Å². The van der Waals surface area contributed by atoms with Gasteiger partial charge in [0.2, 0.25) is 5.88 Å². The summed E-state index contributed by atoms with van der Waals surface area (Å²) >= 11 is 0. The van der Waals surface area contributed by atoms with E-state index in [-0.39, 0.29) is 36.1 Å². The van der Waals surface area contributed by atoms with Gasteiger partial charge >= 0.3 is 0 Å². The highest BCUT2D eigenvalue weighted by Crippen LogP contribution is 2.23. The average Bonchev–Trinajstić information content (AvgIpc) is 2.83. The van der Waals surface area contributed by atoms with Crippen LogP contribution in [-0.2, 0) is 11.3 Å². The lowest BCUT2D eigenvalue weighted by Gasteiger charge is -2.35. The summed E-state index contributed by atoms with van der Waals surface area (Å²) in [5.74, 6) is 2.25. The van der Waals surface area contributed by atoms with Gasteiger partial charge in [-0.3, -0.25) is 9.89 Å². The summed E-state index contributed by atoms with van der Waals surface area (Å²) in [5, 5.41) is 6.85. The van der Waals surface area contributed by atoms with Crippen LogP contribution in [0, 0.1) is 0 Å². The number of guanidine groups is 1. The number of pyridine rings is 1. The van der Waals surface area contributed by atoms with Crippen LogP contribution in [0.5, 0.6) is 11.6 Å². The Bertz CT molecular complexity index is 840. The predicted octanol–water partition coefficient (Wildman–Crippen LogP) is 3.23. The summed E-state index contributed by atoms with van der Waals surface area (Å²) in [6.07, 6.45) is 1.94. The molecule has 1 unspecified atom stereocenters. The first-order chi connectivity index (χ1) is 15.6. The lowest BCUT2D eigenvalue weighted by atomic mass is 10.0. The van der Waals surface area contributed by atoms with Crippen molar-refractivity contribution in [2.75, 3.05) is 47.0 Å². The number of hydrogen-bond donors (Lipinski definition) is 2. The van der Waals surface area contributed by atoms with E-state index in [9.17, 15) is 0 Å². The maximum absolute atomic E-state index is 5.61. The number of hydrogen-bond acceptors (Lipinski definition) is 6. The normalized spacial score (nSPS) is 15.5. The largest absolute Gasteiger partial charge is 0.497 e. The number of ether oxygens (including phenoxy) is 3. The second-order valence-corrected chi connectivity index (χ2v) is 7.92. The molecule has 0 amide bonds. The Morgan fingerprint density at radius 1 is 1.12 bits per heavy atom. The van der Waals surface area contributed by atoms with Gasteiger partial charge in [0.05, 0.1) is 32.5 Å². The van der Waals surface area contributed by atoms with Crippen molar-refractivity contribution in [3.05, 3.63) is 53.7 Å². The Balaban J connectivity index is 0.00000385. The van der Waals surface area contributed by atoms with Gasteiger partial charge in [0, 0.05) is 45.5 Å². The zero-order valence-corrected chi connectivity index (χ0v) is 22.2. The molecule has 3 rings (SSSR count). The number of halogens is 1. The molecule has 2 N–H and O–H groups in total. The van der Waals surface area contributed by atoms with Crippen molar-refractivity contribution in [1.29, 1.82) is 0 Å². The van der Waals surface area contributed by atoms with Gasteiger partial charge in [-0.1, -0.05) is 18.2 Å². The van der Waals surface area contributed by atoms with Gasteiger partial charge in [-0.2, -0.15) is 0 Å². The van der Waals surface area contributed by atoms with E-state index in [1.165, 1.54) is 5.56 Å². The Labute approximate surface area is 214 Å². The van der Waals surface area contributed by atoms with Crippen LogP contribution < -0.4 is 20.1 Å². The zero-order valence-electron chi connectivity index (χ0n) is 19.9. The van der Waals surface area contributed by atoms with Gasteiger partial charge in [-0.15, -0.1) is 24.0 Å². The maximum Gasteiger partial charge on any atom is 0.213 e. The molecular formula is C24H36IN5O3. The van der Waals surface area contributed by atoms with Gasteiger partial charge in [0.1, 0.15) is 5.75 Å². The van der Waals surface area contributed by atoms with Crippen molar-refractivity contribution in [1.82, 2.24) is 20.5 Å². The summed E-state index contributed by atoms with van der Waals surface area (Å²) in [4.78, 5) is 11.2. The molecule has 9 heteroatoms. The first-order valence-corrected chi connectivity index (χ1v) is 11.1. The summed E-state index contributed by atoms with van der Waals surface area (Å²) < 4.78 is 16.5. The summed E-state index contributed by atoms with van der Waals surface area (Å²) in [6, 6.07) is 12.4. The Hall–Kier alpha value is -2.11. The molecule has 1 fully saturated rings. The molecule has 182 valence electrons. The predicted molar refractivity (Wildman–Crippen MR) is 142 cm³/mol. The monoisotopic (exact) mass is 569 g/mol. The molecular weight excluding hydrogens is 533 g/mol. The van der Waals surface area contributed by atoms with Crippen molar-refractivity contribution < 1.29 is 14.2 Å². The van der Waals surface area contributed by atoms with Gasteiger partial charge in [-0.25, -0.2) is 4.98 Å². The molecule has 1 aromatic carbocycles. The highest BCUT2D eigenvalue weighted by atomic mass is 127. The topological polar surface area (TPSA) is 80.2 Å². The highest BCUT2D eigenvalue weighted by molar-refractivity contribution is 14.0. The summed E-state index contributed by atoms with van der Waals surface area (Å²) in [7, 11) is 3.47. The second-order valence-electron chi connectivity index (χ2n) is 7.92. The van der Waals surface area contributed by atoms with Crippen molar-refractivity contribution >= 4 is 29.9 Å². The van der Waals surface area contributed by atoms with Crippen molar-refractivity contribution in [2.24, 2.45) is 4.99 Å². The fraction of sp³-hybridized carbons (Fsp3) is 0.500. The van der Waals surface area contributed by atoms with Crippen LogP contribution in [-0.4, -0.2) is 69.0 Å². The van der Waals surface area contributed by atoms with Gasteiger partial charge < -0.3 is 24.8 Å². The van der Waals surface area contributed by atoms with E-state index in [0.29, 0.717) is 12.4 Å². The molecule has 0 spiro atoms. The molecule has 1 aromatic heterocycles. The molecule has 0 bridgehead atoms. The number of rotatable bonds is 9. The van der Waals surface area contributed by atoms with Crippen LogP contribution in [0.15, 0.2) is 47.6 Å². The number of benzene rings is 1. The molecule has 1 saturated heterocycles. The smallest absolute Gasteiger partial charge is 0.213 e. The molecule has 1 aliphatic heterocycles. The molecule has 0 aliphatic carbocycles. The SMILES string of the molecule is CN=C(NCc1ccc(OC(C)C)nc1)NCC(c1ccc(OC)cc1)N1CCOCC1.I. The number of aromatic nitrogens is 1. The standard InChI is InChI=1S/C24H35N5O3.HI/c1-18(2)32-23-10-5-19(15-26-23)16-27-24(25-3)28-17-22(29-11-13-31-14-12-29)20-6-8-21(30-4)9-7-20;/h5-10,15,18,22H,11-14,16-17H2,1-4H3,(H2,25,27,28);1H. The van der Waals surface area contributed by atoms with E-state index >= 15 is 0 Å². The molecule has 0 radical (unpaired) electrons. The van der Waals surface area contributed by atoms with E-state index in [4.69, 9.17) is 14.2 Å². The molecule has 1 atom stereocenters. The molecule has 1 aliphatic rings. The lowest BCUT2D eigenvalue weighted by Crippen LogP contribution is -2.46. The van der Waals surface area contributed by atoms with Crippen LogP contribution >= 0.6 is 24.0 Å². The zero-order chi connectivity index (χ0) is 22.8. The third-order valence-corrected chi connectivity index (χ3v) is 5.29. The van der Waals surface area contributed by atoms with Crippen LogP contribution in [0.3, 0.4) is 0 Å². The van der Waals surface area contributed by atoms with Crippen LogP contribution in [0.4, 0.5) is 0 Å². The summed E-state index contributed by atoms with van der Waals surface area (Å²) in [6.45, 7) is 8.64. The van der Waals surface area contributed by atoms with E-state index in [1.807, 2.05) is 44.3 Å². The lowest BCUT2D eigenvalue weighted by molar-refractivity contribution is 0.0170. The minimum absolute atomic E-state index is 0. The molecule has 33 heavy (non-hydrogen) atoms. The molecule has 2 aromatic rings. The fourth-order valence-electron chi connectivity index (χ4n) is 3.60. The van der Waals surface area contributed by atoms with Crippen molar-refractivity contribution in [3.8, 4) is 11.6 Å². The third-order valence-electron chi connectivity index (χ3n) is 5.29. The van der Waals surface area contributed by atoms with E-state index in [2.05, 4.69) is 37.6 Å². The average molecular weight is 569 g/mol. The maximum atomic E-state index is 5.61. The Morgan fingerprint density at radius 3 is 2.42 bits per heavy atom. The van der Waals surface area contributed by atoms with Gasteiger partial charge in [0.15, 0.2) is 5.96 Å². The first kappa shape index (κ1) is 27.1. The molecule has 8 nitrogen and oxygen atoms in total. The van der Waals surface area contributed by atoms with E-state index in [0.717, 1.165) is 50.1 Å². The highest BCUT2D eigenvalue weighted by Gasteiger charge is 2.23. The van der Waals surface area contributed by atoms with E-state index in [1.54, 1.807) is 14.2 Å². The van der Waals surface area contributed by atoms with Crippen LogP contribution in [0.1, 0.15) is 31.0 Å². The quantitative estimate of drug-likeness (QED) is 0.273. The van der Waals surface area contributed by atoms with E-state index < -0.39 is 0 Å². The minimum atomic E-state index is 0. The number of aliphatic imine (C=N–C) groups is 1. The number of morpholine rings is 1. The number of nitrogens with zero attached hydrogens (tertiary/aromatic N) is 3. The summed E-state index contributed by atoms with van der Waals surface area (Å²) in [5.41, 5.74) is 2.30.